The van der Waals surface area contributed by atoms with Crippen LogP contribution in [0.3, 0.4) is 0 Å². The number of thiophene rings is 1. The average molecular weight is 390 g/mol. The molecular weight excluding hydrogens is 362 g/mol. The van der Waals surface area contributed by atoms with Crippen molar-refractivity contribution in [2.24, 2.45) is 5.92 Å². The van der Waals surface area contributed by atoms with Crippen molar-refractivity contribution in [1.82, 2.24) is 15.1 Å². The van der Waals surface area contributed by atoms with Gasteiger partial charge in [0, 0.05) is 36.9 Å². The van der Waals surface area contributed by atoms with E-state index < -0.39 is 5.54 Å². The highest BCUT2D eigenvalue weighted by Gasteiger charge is 2.51. The Labute approximate surface area is 163 Å². The molecule has 1 aromatic heterocycles. The predicted molar refractivity (Wildman–Crippen MR) is 103 cm³/mol. The molecule has 0 radical (unpaired) electrons. The van der Waals surface area contributed by atoms with E-state index >= 15 is 0 Å². The molecule has 1 N–H and O–H groups in total. The summed E-state index contributed by atoms with van der Waals surface area (Å²) in [5.74, 6) is 0.100. The van der Waals surface area contributed by atoms with E-state index in [0.29, 0.717) is 26.1 Å². The normalized spacial score (nSPS) is 25.3. The average Bonchev–Trinajstić information content (AvgIpc) is 3.27. The Kier molecular flexibility index (Phi) is 5.21. The number of amides is 4. The molecule has 1 aromatic rings. The quantitative estimate of drug-likeness (QED) is 0.788. The Balaban J connectivity index is 1.35. The van der Waals surface area contributed by atoms with Gasteiger partial charge in [0.2, 0.25) is 5.91 Å². The third kappa shape index (κ3) is 3.74. The number of nitrogens with zero attached hydrogens (tertiary/aromatic N) is 2. The number of nitrogens with one attached hydrogen (secondary N) is 1. The first-order valence-corrected chi connectivity index (χ1v) is 10.9. The monoisotopic (exact) mass is 389 g/mol. The van der Waals surface area contributed by atoms with Crippen molar-refractivity contribution in [3.63, 3.8) is 0 Å². The maximum absolute atomic E-state index is 13.0. The smallest absolute Gasteiger partial charge is 0.325 e. The molecule has 0 aromatic carbocycles. The molecule has 3 aliphatic rings. The number of carbonyl (C=O) groups excluding carboxylic acids is 3. The molecule has 2 aliphatic heterocycles. The third-order valence-electron chi connectivity index (χ3n) is 6.15. The highest BCUT2D eigenvalue weighted by atomic mass is 32.1. The van der Waals surface area contributed by atoms with Gasteiger partial charge in [-0.15, -0.1) is 11.3 Å². The molecule has 1 saturated carbocycles. The van der Waals surface area contributed by atoms with Crippen LogP contribution < -0.4 is 5.32 Å². The van der Waals surface area contributed by atoms with Gasteiger partial charge in [0.15, 0.2) is 0 Å². The lowest BCUT2D eigenvalue weighted by atomic mass is 9.90. The maximum Gasteiger partial charge on any atom is 0.325 e. The molecule has 3 heterocycles. The van der Waals surface area contributed by atoms with E-state index in [1.54, 1.807) is 11.3 Å². The highest BCUT2D eigenvalue weighted by Crippen LogP contribution is 2.33. The molecule has 1 atom stereocenters. The minimum Gasteiger partial charge on any atom is -0.342 e. The summed E-state index contributed by atoms with van der Waals surface area (Å²) >= 11 is 1.71. The number of likely N-dealkylation sites (tertiary alicyclic amines) is 1. The van der Waals surface area contributed by atoms with E-state index in [0.717, 1.165) is 44.9 Å². The number of imide groups is 1. The number of hydrogen-bond donors (Lipinski definition) is 1. The highest BCUT2D eigenvalue weighted by molar-refractivity contribution is 7.09. The summed E-state index contributed by atoms with van der Waals surface area (Å²) < 4.78 is 0. The molecule has 3 fully saturated rings. The number of urea groups is 1. The zero-order valence-corrected chi connectivity index (χ0v) is 16.4. The van der Waals surface area contributed by atoms with E-state index in [9.17, 15) is 14.4 Å². The van der Waals surface area contributed by atoms with E-state index in [2.05, 4.69) is 11.4 Å². The minimum atomic E-state index is -0.685. The molecular formula is C20H27N3O3S. The number of rotatable bonds is 5. The lowest BCUT2D eigenvalue weighted by molar-refractivity contribution is -0.132. The predicted octanol–water partition coefficient (Wildman–Crippen LogP) is 2.78. The van der Waals surface area contributed by atoms with Crippen molar-refractivity contribution in [2.75, 3.05) is 19.6 Å². The summed E-state index contributed by atoms with van der Waals surface area (Å²) in [5, 5.41) is 5.04. The van der Waals surface area contributed by atoms with Crippen molar-refractivity contribution >= 4 is 29.2 Å². The lowest BCUT2D eigenvalue weighted by Crippen LogP contribution is -2.46. The van der Waals surface area contributed by atoms with Crippen LogP contribution in [0.5, 0.6) is 0 Å². The largest absolute Gasteiger partial charge is 0.342 e. The second kappa shape index (κ2) is 7.62. The molecule has 6 nitrogen and oxygen atoms in total. The fourth-order valence-electron chi connectivity index (χ4n) is 4.66. The maximum atomic E-state index is 13.0. The summed E-state index contributed by atoms with van der Waals surface area (Å²) in [6.07, 6.45) is 6.99. The van der Waals surface area contributed by atoms with Crippen LogP contribution in [-0.2, 0) is 16.0 Å². The fourth-order valence-corrected chi connectivity index (χ4v) is 5.36. The Hall–Kier alpha value is -1.89. The molecule has 2 saturated heterocycles. The van der Waals surface area contributed by atoms with Gasteiger partial charge in [-0.1, -0.05) is 31.7 Å². The van der Waals surface area contributed by atoms with Crippen molar-refractivity contribution in [2.45, 2.75) is 56.9 Å². The summed E-state index contributed by atoms with van der Waals surface area (Å²) in [4.78, 5) is 42.4. The molecule has 4 rings (SSSR count). The van der Waals surface area contributed by atoms with Gasteiger partial charge >= 0.3 is 6.03 Å². The number of carbonyl (C=O) groups is 3. The van der Waals surface area contributed by atoms with Crippen LogP contribution in [0.1, 0.15) is 49.8 Å². The van der Waals surface area contributed by atoms with Gasteiger partial charge in [0.05, 0.1) is 0 Å². The summed E-state index contributed by atoms with van der Waals surface area (Å²) in [5.41, 5.74) is -0.685. The topological polar surface area (TPSA) is 69.7 Å². The van der Waals surface area contributed by atoms with E-state index in [-0.39, 0.29) is 23.8 Å². The van der Waals surface area contributed by atoms with Crippen LogP contribution in [-0.4, -0.2) is 52.8 Å². The van der Waals surface area contributed by atoms with Gasteiger partial charge in [-0.2, -0.15) is 0 Å². The van der Waals surface area contributed by atoms with Gasteiger partial charge in [0.25, 0.3) is 5.91 Å². The van der Waals surface area contributed by atoms with Gasteiger partial charge in [-0.05, 0) is 30.7 Å². The lowest BCUT2D eigenvalue weighted by Gasteiger charge is -2.25. The first-order valence-electron chi connectivity index (χ1n) is 10.0. The zero-order valence-electron chi connectivity index (χ0n) is 15.6. The van der Waals surface area contributed by atoms with Crippen molar-refractivity contribution < 1.29 is 14.4 Å². The van der Waals surface area contributed by atoms with Gasteiger partial charge < -0.3 is 10.2 Å². The van der Waals surface area contributed by atoms with Crippen LogP contribution in [0, 0.1) is 5.92 Å². The fraction of sp³-hybridized carbons (Fsp3) is 0.650. The SMILES string of the molecule is O=C1CC(CN2C(=O)NC3(CCCCCC3)C2=O)CN1CCc1cccs1. The van der Waals surface area contributed by atoms with Crippen molar-refractivity contribution in [3.8, 4) is 0 Å². The first-order chi connectivity index (χ1) is 13.1. The van der Waals surface area contributed by atoms with Crippen LogP contribution in [0.15, 0.2) is 17.5 Å². The Morgan fingerprint density at radius 2 is 1.93 bits per heavy atom. The van der Waals surface area contributed by atoms with E-state index in [1.807, 2.05) is 16.3 Å². The second-order valence-corrected chi connectivity index (χ2v) is 9.11. The molecule has 146 valence electrons. The van der Waals surface area contributed by atoms with E-state index in [1.165, 1.54) is 9.78 Å². The minimum absolute atomic E-state index is 0.0384. The van der Waals surface area contributed by atoms with Crippen LogP contribution >= 0.6 is 11.3 Å². The van der Waals surface area contributed by atoms with Gasteiger partial charge in [0.1, 0.15) is 5.54 Å². The molecule has 4 amide bonds. The van der Waals surface area contributed by atoms with E-state index in [4.69, 9.17) is 0 Å². The number of hydrogen-bond acceptors (Lipinski definition) is 4. The van der Waals surface area contributed by atoms with Gasteiger partial charge in [-0.3, -0.25) is 14.5 Å². The molecule has 1 spiro atoms. The molecule has 27 heavy (non-hydrogen) atoms. The molecule has 1 unspecified atom stereocenters. The standard InChI is InChI=1S/C20H27N3O3S/c24-17-12-15(13-22(17)10-7-16-6-5-11-27-16)14-23-18(25)20(21-19(23)26)8-3-1-2-4-9-20/h5-6,11,15H,1-4,7-10,12-14H2,(H,21,26). The van der Waals surface area contributed by atoms with Crippen LogP contribution in [0.2, 0.25) is 0 Å². The molecule has 7 heteroatoms. The Morgan fingerprint density at radius 3 is 2.63 bits per heavy atom. The third-order valence-corrected chi connectivity index (χ3v) is 7.08. The second-order valence-electron chi connectivity index (χ2n) is 8.08. The van der Waals surface area contributed by atoms with Crippen LogP contribution in [0.4, 0.5) is 4.79 Å². The summed E-state index contributed by atoms with van der Waals surface area (Å²) in [6.45, 7) is 1.70. The van der Waals surface area contributed by atoms with Crippen LogP contribution in [0.25, 0.3) is 0 Å². The zero-order chi connectivity index (χ0) is 18.9. The van der Waals surface area contributed by atoms with Crippen molar-refractivity contribution in [1.29, 1.82) is 0 Å². The Bertz CT molecular complexity index is 710. The Morgan fingerprint density at radius 1 is 1.15 bits per heavy atom. The first kappa shape index (κ1) is 18.5. The van der Waals surface area contributed by atoms with Crippen molar-refractivity contribution in [3.05, 3.63) is 22.4 Å². The summed E-state index contributed by atoms with van der Waals surface area (Å²) in [6, 6.07) is 3.84. The van der Waals surface area contributed by atoms with Gasteiger partial charge in [-0.25, -0.2) is 4.79 Å². The summed E-state index contributed by atoms with van der Waals surface area (Å²) in [7, 11) is 0. The molecule has 1 aliphatic carbocycles. The molecule has 0 bridgehead atoms.